The summed E-state index contributed by atoms with van der Waals surface area (Å²) >= 11 is 0. The van der Waals surface area contributed by atoms with E-state index in [1.54, 1.807) is 0 Å². The summed E-state index contributed by atoms with van der Waals surface area (Å²) in [6.45, 7) is 10.8. The molecular weight excluding hydrogens is 238 g/mol. The Morgan fingerprint density at radius 1 is 1.21 bits per heavy atom. The second-order valence-electron chi connectivity index (χ2n) is 5.49. The molecule has 0 aromatic heterocycles. The number of nitrogens with one attached hydrogen (secondary N) is 1. The van der Waals surface area contributed by atoms with Gasteiger partial charge in [0.15, 0.2) is 0 Å². The lowest BCUT2D eigenvalue weighted by Gasteiger charge is -2.11. The first kappa shape index (κ1) is 18.2. The Kier molecular flexibility index (Phi) is 13.0. The van der Waals surface area contributed by atoms with Crippen molar-refractivity contribution in [1.82, 2.24) is 5.32 Å². The van der Waals surface area contributed by atoms with Gasteiger partial charge in [0.2, 0.25) is 0 Å². The topological polar surface area (TPSA) is 38.3 Å². The maximum Gasteiger partial charge on any atom is 0.119 e. The summed E-state index contributed by atoms with van der Waals surface area (Å²) in [7, 11) is 0. The summed E-state index contributed by atoms with van der Waals surface area (Å²) in [5.41, 5.74) is 0.977. The lowest BCUT2D eigenvalue weighted by molar-refractivity contribution is -0.107. The monoisotopic (exact) mass is 269 g/mol. The van der Waals surface area contributed by atoms with Gasteiger partial charge in [0, 0.05) is 25.3 Å². The summed E-state index contributed by atoms with van der Waals surface area (Å²) in [5.74, 6) is 0.695. The fourth-order valence-electron chi connectivity index (χ4n) is 1.71. The highest BCUT2D eigenvalue weighted by atomic mass is 16.5. The van der Waals surface area contributed by atoms with E-state index >= 15 is 0 Å². The van der Waals surface area contributed by atoms with E-state index in [1.807, 2.05) is 0 Å². The van der Waals surface area contributed by atoms with Gasteiger partial charge in [0.05, 0.1) is 6.61 Å². The number of ether oxygens (including phenoxy) is 1. The molecule has 0 atom stereocenters. The molecule has 0 aliphatic heterocycles. The molecular formula is C16H31NO2. The van der Waals surface area contributed by atoms with Gasteiger partial charge in [-0.25, -0.2) is 0 Å². The molecule has 0 spiro atoms. The van der Waals surface area contributed by atoms with Crippen LogP contribution in [0.4, 0.5) is 0 Å². The van der Waals surface area contributed by atoms with Gasteiger partial charge in [0.25, 0.3) is 0 Å². The minimum atomic E-state index is 0.617. The van der Waals surface area contributed by atoms with E-state index in [-0.39, 0.29) is 0 Å². The fourth-order valence-corrected chi connectivity index (χ4v) is 1.71. The molecule has 1 N–H and O–H groups in total. The molecule has 0 heterocycles. The van der Waals surface area contributed by atoms with Crippen molar-refractivity contribution in [3.8, 4) is 0 Å². The van der Waals surface area contributed by atoms with Gasteiger partial charge in [-0.3, -0.25) is 0 Å². The van der Waals surface area contributed by atoms with Crippen molar-refractivity contribution >= 4 is 6.29 Å². The molecule has 3 nitrogen and oxygen atoms in total. The van der Waals surface area contributed by atoms with E-state index in [4.69, 9.17) is 4.74 Å². The normalized spacial score (nSPS) is 10.7. The zero-order valence-corrected chi connectivity index (χ0v) is 12.7. The Morgan fingerprint density at radius 2 is 1.89 bits per heavy atom. The Balaban J connectivity index is 3.18. The standard InChI is InChI=1S/C16H31NO2/c1-15(2)10-13-19-14-16(3)17-11-8-6-4-5-7-9-12-18/h12,15,17H,3-11,13-14H2,1-2H3. The minimum absolute atomic E-state index is 0.617. The molecule has 0 amide bonds. The molecule has 0 aromatic rings. The van der Waals surface area contributed by atoms with Gasteiger partial charge < -0.3 is 14.8 Å². The second-order valence-corrected chi connectivity index (χ2v) is 5.49. The lowest BCUT2D eigenvalue weighted by atomic mass is 10.1. The van der Waals surface area contributed by atoms with Crippen LogP contribution in [0, 0.1) is 5.92 Å². The minimum Gasteiger partial charge on any atom is -0.387 e. The highest BCUT2D eigenvalue weighted by Crippen LogP contribution is 2.04. The Labute approximate surface area is 118 Å². The molecule has 3 heteroatoms. The van der Waals surface area contributed by atoms with E-state index in [9.17, 15) is 4.79 Å². The average Bonchev–Trinajstić information content (AvgIpc) is 2.37. The highest BCUT2D eigenvalue weighted by Gasteiger charge is 1.97. The van der Waals surface area contributed by atoms with Crippen molar-refractivity contribution < 1.29 is 9.53 Å². The number of rotatable bonds is 14. The van der Waals surface area contributed by atoms with Crippen molar-refractivity contribution in [2.24, 2.45) is 5.92 Å². The van der Waals surface area contributed by atoms with Gasteiger partial charge >= 0.3 is 0 Å². The van der Waals surface area contributed by atoms with Crippen molar-refractivity contribution in [2.75, 3.05) is 19.8 Å². The zero-order chi connectivity index (χ0) is 14.3. The Bertz CT molecular complexity index is 227. The smallest absolute Gasteiger partial charge is 0.119 e. The average molecular weight is 269 g/mol. The number of hydrogen-bond acceptors (Lipinski definition) is 3. The van der Waals surface area contributed by atoms with Gasteiger partial charge in [-0.1, -0.05) is 39.7 Å². The molecule has 0 unspecified atom stereocenters. The molecule has 0 aromatic carbocycles. The summed E-state index contributed by atoms with van der Waals surface area (Å²) in [4.78, 5) is 10.1. The third-order valence-corrected chi connectivity index (χ3v) is 2.99. The fraction of sp³-hybridized carbons (Fsp3) is 0.812. The van der Waals surface area contributed by atoms with Crippen molar-refractivity contribution in [3.05, 3.63) is 12.3 Å². The van der Waals surface area contributed by atoms with Gasteiger partial charge in [-0.15, -0.1) is 0 Å². The van der Waals surface area contributed by atoms with Crippen LogP contribution >= 0.6 is 0 Å². The highest BCUT2D eigenvalue weighted by molar-refractivity contribution is 5.48. The summed E-state index contributed by atoms with van der Waals surface area (Å²) < 4.78 is 5.53. The second kappa shape index (κ2) is 13.6. The maximum atomic E-state index is 10.1. The van der Waals surface area contributed by atoms with Gasteiger partial charge in [0.1, 0.15) is 6.29 Å². The number of carbonyl (C=O) groups excluding carboxylic acids is 1. The van der Waals surface area contributed by atoms with Crippen LogP contribution in [0.25, 0.3) is 0 Å². The first-order valence-corrected chi connectivity index (χ1v) is 7.59. The predicted octanol–water partition coefficient (Wildman–Crippen LogP) is 3.69. The van der Waals surface area contributed by atoms with Crippen LogP contribution in [-0.4, -0.2) is 26.0 Å². The summed E-state index contributed by atoms with van der Waals surface area (Å²) in [6, 6.07) is 0. The number of carbonyl (C=O) groups is 1. The molecule has 0 saturated heterocycles. The molecule has 0 fully saturated rings. The Hall–Kier alpha value is -0.830. The van der Waals surface area contributed by atoms with Crippen LogP contribution in [0.2, 0.25) is 0 Å². The Morgan fingerprint density at radius 3 is 2.58 bits per heavy atom. The molecule has 0 aliphatic rings. The van der Waals surface area contributed by atoms with Crippen molar-refractivity contribution in [1.29, 1.82) is 0 Å². The van der Waals surface area contributed by atoms with E-state index < -0.39 is 0 Å². The van der Waals surface area contributed by atoms with E-state index in [0.29, 0.717) is 18.9 Å². The summed E-state index contributed by atoms with van der Waals surface area (Å²) in [5, 5.41) is 3.30. The number of hydrogen-bond donors (Lipinski definition) is 1. The van der Waals surface area contributed by atoms with Gasteiger partial charge in [-0.05, 0) is 25.2 Å². The van der Waals surface area contributed by atoms with Crippen LogP contribution in [0.15, 0.2) is 12.3 Å². The van der Waals surface area contributed by atoms with Crippen LogP contribution < -0.4 is 5.32 Å². The molecule has 0 rings (SSSR count). The largest absolute Gasteiger partial charge is 0.387 e. The summed E-state index contributed by atoms with van der Waals surface area (Å²) in [6.07, 6.45) is 8.61. The SMILES string of the molecule is C=C(COCCC(C)C)NCCCCCCCC=O. The maximum absolute atomic E-state index is 10.1. The molecule has 0 bridgehead atoms. The van der Waals surface area contributed by atoms with E-state index in [2.05, 4.69) is 25.7 Å². The zero-order valence-electron chi connectivity index (χ0n) is 12.7. The van der Waals surface area contributed by atoms with Gasteiger partial charge in [-0.2, -0.15) is 0 Å². The predicted molar refractivity (Wildman–Crippen MR) is 81.2 cm³/mol. The molecule has 0 saturated carbocycles. The molecule has 112 valence electrons. The molecule has 19 heavy (non-hydrogen) atoms. The number of unbranched alkanes of at least 4 members (excludes halogenated alkanes) is 5. The van der Waals surface area contributed by atoms with Crippen LogP contribution in [0.5, 0.6) is 0 Å². The molecule has 0 aliphatic carbocycles. The van der Waals surface area contributed by atoms with E-state index in [1.165, 1.54) is 12.8 Å². The van der Waals surface area contributed by atoms with Crippen molar-refractivity contribution in [3.63, 3.8) is 0 Å². The first-order chi connectivity index (χ1) is 9.16. The van der Waals surface area contributed by atoms with E-state index in [0.717, 1.165) is 50.8 Å². The lowest BCUT2D eigenvalue weighted by Crippen LogP contribution is -2.18. The molecule has 0 radical (unpaired) electrons. The van der Waals surface area contributed by atoms with Crippen LogP contribution in [0.3, 0.4) is 0 Å². The third kappa shape index (κ3) is 15.1. The number of aldehydes is 1. The van der Waals surface area contributed by atoms with Crippen LogP contribution in [0.1, 0.15) is 58.8 Å². The first-order valence-electron chi connectivity index (χ1n) is 7.59. The van der Waals surface area contributed by atoms with Crippen LogP contribution in [-0.2, 0) is 9.53 Å². The third-order valence-electron chi connectivity index (χ3n) is 2.99. The quantitative estimate of drug-likeness (QED) is 0.386. The van der Waals surface area contributed by atoms with Crippen molar-refractivity contribution in [2.45, 2.75) is 58.8 Å².